The van der Waals surface area contributed by atoms with E-state index >= 15 is 0 Å². The third kappa shape index (κ3) is 8.57. The molecule has 1 aliphatic carbocycles. The van der Waals surface area contributed by atoms with Crippen molar-refractivity contribution in [3.8, 4) is 0 Å². The molecule has 46 heavy (non-hydrogen) atoms. The van der Waals surface area contributed by atoms with Gasteiger partial charge in [-0.3, -0.25) is 13.9 Å². The van der Waals surface area contributed by atoms with Gasteiger partial charge in [0, 0.05) is 28.5 Å². The summed E-state index contributed by atoms with van der Waals surface area (Å²) in [7, 11) is -4.17. The third-order valence-electron chi connectivity index (χ3n) is 8.22. The van der Waals surface area contributed by atoms with E-state index in [0.29, 0.717) is 15.2 Å². The first-order chi connectivity index (χ1) is 22.1. The molecule has 0 spiro atoms. The fourth-order valence-electron chi connectivity index (χ4n) is 5.71. The third-order valence-corrected chi connectivity index (χ3v) is 10.8. The molecular formula is C36H37BrClN3O4S. The summed E-state index contributed by atoms with van der Waals surface area (Å²) in [6.07, 6.45) is 4.13. The Labute approximate surface area is 284 Å². The Morgan fingerprint density at radius 1 is 0.891 bits per heavy atom. The average molecular weight is 723 g/mol. The van der Waals surface area contributed by atoms with Gasteiger partial charge in [0.25, 0.3) is 10.0 Å². The van der Waals surface area contributed by atoms with Crippen molar-refractivity contribution in [2.24, 2.45) is 0 Å². The molecule has 10 heteroatoms. The Balaban J connectivity index is 1.56. The molecule has 0 bridgehead atoms. The summed E-state index contributed by atoms with van der Waals surface area (Å²) in [5.74, 6) is -0.762. The quantitative estimate of drug-likeness (QED) is 0.166. The minimum Gasteiger partial charge on any atom is -0.352 e. The lowest BCUT2D eigenvalue weighted by molar-refractivity contribution is -0.140. The van der Waals surface area contributed by atoms with Crippen LogP contribution in [0.4, 0.5) is 5.69 Å². The highest BCUT2D eigenvalue weighted by molar-refractivity contribution is 9.10. The lowest BCUT2D eigenvalue weighted by Crippen LogP contribution is -2.54. The molecular weight excluding hydrogens is 686 g/mol. The summed E-state index contributed by atoms with van der Waals surface area (Å²) >= 11 is 9.62. The summed E-state index contributed by atoms with van der Waals surface area (Å²) in [6.45, 7) is 1.45. The fraction of sp³-hybridized carbons (Fsp3) is 0.278. The maximum absolute atomic E-state index is 14.6. The number of amides is 2. The SMILES string of the molecule is Cc1ccc(S(=O)(=O)N(CC(=O)N(Cc2ccc(Cl)cc2)[C@H](Cc2ccccc2)C(=O)NC2CCCC2)c2cccc(Br)c2)cc1. The second-order valence-corrected chi connectivity index (χ2v) is 14.9. The van der Waals surface area contributed by atoms with Gasteiger partial charge in [-0.2, -0.15) is 0 Å². The van der Waals surface area contributed by atoms with Crippen LogP contribution in [0.2, 0.25) is 5.02 Å². The minimum absolute atomic E-state index is 0.0401. The van der Waals surface area contributed by atoms with Crippen LogP contribution in [0.25, 0.3) is 0 Å². The number of rotatable bonds is 12. The van der Waals surface area contributed by atoms with Crippen molar-refractivity contribution in [3.63, 3.8) is 0 Å². The van der Waals surface area contributed by atoms with Gasteiger partial charge in [0.1, 0.15) is 12.6 Å². The van der Waals surface area contributed by atoms with Gasteiger partial charge >= 0.3 is 0 Å². The largest absolute Gasteiger partial charge is 0.352 e. The van der Waals surface area contributed by atoms with Gasteiger partial charge < -0.3 is 10.2 Å². The molecule has 1 saturated carbocycles. The number of carbonyl (C=O) groups excluding carboxylic acids is 2. The topological polar surface area (TPSA) is 86.8 Å². The van der Waals surface area contributed by atoms with Crippen LogP contribution in [0.5, 0.6) is 0 Å². The van der Waals surface area contributed by atoms with Gasteiger partial charge in [0.2, 0.25) is 11.8 Å². The number of nitrogens with zero attached hydrogens (tertiary/aromatic N) is 2. The molecule has 7 nitrogen and oxygen atoms in total. The second kappa shape index (κ2) is 15.3. The monoisotopic (exact) mass is 721 g/mol. The number of hydrogen-bond acceptors (Lipinski definition) is 4. The van der Waals surface area contributed by atoms with Crippen molar-refractivity contribution in [2.45, 2.75) is 62.6 Å². The van der Waals surface area contributed by atoms with Crippen LogP contribution in [-0.4, -0.2) is 43.8 Å². The highest BCUT2D eigenvalue weighted by Gasteiger charge is 2.35. The standard InChI is InChI=1S/C36H37BrClN3O4S/c1-26-14-20-33(21-15-26)46(44,45)41(32-13-7-10-29(37)23-32)25-35(42)40(24-28-16-18-30(38)19-17-28)34(22-27-8-3-2-4-9-27)36(43)39-31-11-5-6-12-31/h2-4,7-10,13-21,23,31,34H,5-6,11-12,22,24-25H2,1H3,(H,39,43)/t34-/m1/s1. The number of hydrogen-bond donors (Lipinski definition) is 1. The van der Waals surface area contributed by atoms with E-state index < -0.39 is 28.5 Å². The lowest BCUT2D eigenvalue weighted by atomic mass is 10.0. The van der Waals surface area contributed by atoms with Crippen molar-refractivity contribution in [1.29, 1.82) is 0 Å². The Morgan fingerprint density at radius 2 is 1.57 bits per heavy atom. The summed E-state index contributed by atoms with van der Waals surface area (Å²) in [5.41, 5.74) is 2.89. The summed E-state index contributed by atoms with van der Waals surface area (Å²) in [4.78, 5) is 30.2. The normalized spacial score (nSPS) is 14.1. The van der Waals surface area contributed by atoms with Gasteiger partial charge in [-0.25, -0.2) is 8.42 Å². The van der Waals surface area contributed by atoms with E-state index in [1.54, 1.807) is 60.7 Å². The minimum atomic E-state index is -4.17. The van der Waals surface area contributed by atoms with Gasteiger partial charge in [-0.1, -0.05) is 107 Å². The van der Waals surface area contributed by atoms with E-state index in [4.69, 9.17) is 11.6 Å². The van der Waals surface area contributed by atoms with Gasteiger partial charge in [-0.15, -0.1) is 0 Å². The zero-order valence-electron chi connectivity index (χ0n) is 25.6. The zero-order valence-corrected chi connectivity index (χ0v) is 28.8. The molecule has 0 radical (unpaired) electrons. The Kier molecular flexibility index (Phi) is 11.2. The predicted octanol–water partition coefficient (Wildman–Crippen LogP) is 7.31. The van der Waals surface area contributed by atoms with Crippen LogP contribution in [0.3, 0.4) is 0 Å². The Hall–Kier alpha value is -3.66. The van der Waals surface area contributed by atoms with Crippen molar-refractivity contribution >= 4 is 55.1 Å². The molecule has 0 saturated heterocycles. The number of sulfonamides is 1. The van der Waals surface area contributed by atoms with Gasteiger partial charge in [0.05, 0.1) is 10.6 Å². The molecule has 240 valence electrons. The van der Waals surface area contributed by atoms with E-state index in [0.717, 1.165) is 46.7 Å². The van der Waals surface area contributed by atoms with Crippen LogP contribution >= 0.6 is 27.5 Å². The van der Waals surface area contributed by atoms with E-state index in [2.05, 4.69) is 21.2 Å². The van der Waals surface area contributed by atoms with Crippen LogP contribution in [0.1, 0.15) is 42.4 Å². The summed E-state index contributed by atoms with van der Waals surface area (Å²) in [5, 5.41) is 3.74. The summed E-state index contributed by atoms with van der Waals surface area (Å²) < 4.78 is 30.1. The Bertz CT molecular complexity index is 1750. The average Bonchev–Trinajstić information content (AvgIpc) is 3.56. The first-order valence-electron chi connectivity index (χ1n) is 15.3. The molecule has 1 atom stereocenters. The number of aryl methyl sites for hydroxylation is 1. The summed E-state index contributed by atoms with van der Waals surface area (Å²) in [6, 6.07) is 29.2. The van der Waals surface area contributed by atoms with Gasteiger partial charge in [-0.05, 0) is 73.4 Å². The number of anilines is 1. The first kappa shape index (κ1) is 33.7. The number of carbonyl (C=O) groups is 2. The van der Waals surface area contributed by atoms with E-state index in [1.807, 2.05) is 49.4 Å². The van der Waals surface area contributed by atoms with Crippen LogP contribution < -0.4 is 9.62 Å². The zero-order chi connectivity index (χ0) is 32.7. The van der Waals surface area contributed by atoms with Crippen molar-refractivity contribution in [1.82, 2.24) is 10.2 Å². The van der Waals surface area contributed by atoms with Crippen molar-refractivity contribution in [2.75, 3.05) is 10.8 Å². The molecule has 4 aromatic rings. The van der Waals surface area contributed by atoms with Crippen molar-refractivity contribution in [3.05, 3.63) is 129 Å². The molecule has 2 amide bonds. The van der Waals surface area contributed by atoms with E-state index in [-0.39, 0.29) is 29.8 Å². The molecule has 1 fully saturated rings. The molecule has 0 aliphatic heterocycles. The van der Waals surface area contributed by atoms with Crippen LogP contribution in [-0.2, 0) is 32.6 Å². The van der Waals surface area contributed by atoms with Gasteiger partial charge in [0.15, 0.2) is 0 Å². The van der Waals surface area contributed by atoms with E-state index in [9.17, 15) is 18.0 Å². The smallest absolute Gasteiger partial charge is 0.264 e. The van der Waals surface area contributed by atoms with Crippen LogP contribution in [0.15, 0.2) is 112 Å². The van der Waals surface area contributed by atoms with Crippen molar-refractivity contribution < 1.29 is 18.0 Å². The molecule has 1 N–H and O–H groups in total. The maximum Gasteiger partial charge on any atom is 0.264 e. The number of nitrogens with one attached hydrogen (secondary N) is 1. The molecule has 1 aliphatic rings. The lowest BCUT2D eigenvalue weighted by Gasteiger charge is -2.34. The van der Waals surface area contributed by atoms with Crippen LogP contribution in [0, 0.1) is 6.92 Å². The molecule has 0 heterocycles. The highest BCUT2D eigenvalue weighted by atomic mass is 79.9. The molecule has 4 aromatic carbocycles. The maximum atomic E-state index is 14.6. The first-order valence-corrected chi connectivity index (χ1v) is 17.9. The number of benzene rings is 4. The fourth-order valence-corrected chi connectivity index (χ4v) is 7.62. The molecule has 5 rings (SSSR count). The Morgan fingerprint density at radius 3 is 2.22 bits per heavy atom. The highest BCUT2D eigenvalue weighted by Crippen LogP contribution is 2.28. The van der Waals surface area contributed by atoms with E-state index in [1.165, 1.54) is 4.90 Å². The second-order valence-electron chi connectivity index (χ2n) is 11.6. The molecule has 0 aromatic heterocycles. The number of halogens is 2. The predicted molar refractivity (Wildman–Crippen MR) is 186 cm³/mol. The molecule has 0 unspecified atom stereocenters.